The maximum absolute atomic E-state index is 14.4. The highest BCUT2D eigenvalue weighted by Gasteiger charge is 2.26. The van der Waals surface area contributed by atoms with Crippen LogP contribution in [0.3, 0.4) is 0 Å². The van der Waals surface area contributed by atoms with Gasteiger partial charge in [-0.2, -0.15) is 5.26 Å². The SMILES string of the molecule is N#Cc1ccc(Cc2cccc(OC3CCN(Cc4nc5ccc(C(=O)O)nc5n4C[C@@H]4CCO4)CC3)n2)c(F)c1. The van der Waals surface area contributed by atoms with E-state index in [1.807, 2.05) is 28.8 Å². The zero-order chi connectivity index (χ0) is 28.3. The van der Waals surface area contributed by atoms with Crippen LogP contribution in [0.15, 0.2) is 48.5 Å². The Kier molecular flexibility index (Phi) is 7.59. The van der Waals surface area contributed by atoms with Gasteiger partial charge in [0.1, 0.15) is 23.3 Å². The molecular formula is C30H29FN6O4. The minimum absolute atomic E-state index is 0.00240. The van der Waals surface area contributed by atoms with Gasteiger partial charge in [-0.1, -0.05) is 12.1 Å². The molecule has 0 spiro atoms. The Bertz CT molecular complexity index is 1620. The van der Waals surface area contributed by atoms with E-state index >= 15 is 0 Å². The first-order valence-corrected chi connectivity index (χ1v) is 13.7. The molecule has 0 saturated carbocycles. The largest absolute Gasteiger partial charge is 0.477 e. The Labute approximate surface area is 236 Å². The molecule has 0 amide bonds. The van der Waals surface area contributed by atoms with Gasteiger partial charge in [0.15, 0.2) is 11.3 Å². The number of benzene rings is 1. The Morgan fingerprint density at radius 3 is 2.66 bits per heavy atom. The minimum Gasteiger partial charge on any atom is -0.477 e. The summed E-state index contributed by atoms with van der Waals surface area (Å²) in [6, 6.07) is 15.1. The van der Waals surface area contributed by atoms with Crippen LogP contribution < -0.4 is 4.74 Å². The number of nitrogens with zero attached hydrogens (tertiary/aromatic N) is 6. The number of carboxylic acid groups (broad SMARTS) is 1. The topological polar surface area (TPSA) is 126 Å². The van der Waals surface area contributed by atoms with Gasteiger partial charge < -0.3 is 19.1 Å². The monoisotopic (exact) mass is 556 g/mol. The van der Waals surface area contributed by atoms with E-state index in [4.69, 9.17) is 19.7 Å². The molecule has 2 aliphatic rings. The second-order valence-electron chi connectivity index (χ2n) is 10.4. The lowest BCUT2D eigenvalue weighted by Crippen LogP contribution is -2.39. The summed E-state index contributed by atoms with van der Waals surface area (Å²) in [5.41, 5.74) is 2.70. The van der Waals surface area contributed by atoms with Crippen LogP contribution in [-0.4, -0.2) is 67.4 Å². The molecule has 0 aliphatic carbocycles. The average Bonchev–Trinajstić information content (AvgIpc) is 3.29. The third-order valence-electron chi connectivity index (χ3n) is 7.59. The van der Waals surface area contributed by atoms with Crippen LogP contribution in [0.25, 0.3) is 11.2 Å². The zero-order valence-electron chi connectivity index (χ0n) is 22.4. The molecule has 0 bridgehead atoms. The first-order valence-electron chi connectivity index (χ1n) is 13.7. The molecular weight excluding hydrogens is 527 g/mol. The molecule has 0 radical (unpaired) electrons. The van der Waals surface area contributed by atoms with Crippen molar-refractivity contribution in [2.75, 3.05) is 19.7 Å². The standard InChI is InChI=1S/C30H29FN6O4/c31-24-14-19(16-32)4-5-20(24)15-21-2-1-3-28(33-21)41-22-8-11-36(12-9-22)18-27-34-25-6-7-26(30(38)39)35-29(25)37(27)17-23-10-13-40-23/h1-7,14,22-23H,8-13,15,17-18H2,(H,38,39)/t23-/m0/s1. The molecule has 11 heteroatoms. The molecule has 2 saturated heterocycles. The van der Waals surface area contributed by atoms with Gasteiger partial charge in [0, 0.05) is 37.9 Å². The Hall–Kier alpha value is -4.40. The number of fused-ring (bicyclic) bond motifs is 1. The summed E-state index contributed by atoms with van der Waals surface area (Å²) in [4.78, 5) is 27.6. The molecule has 10 nitrogen and oxygen atoms in total. The minimum atomic E-state index is -1.07. The number of pyridine rings is 2. The number of hydrogen-bond donors (Lipinski definition) is 1. The number of aromatic carboxylic acids is 1. The number of piperidine rings is 1. The quantitative estimate of drug-likeness (QED) is 0.326. The van der Waals surface area contributed by atoms with E-state index in [9.17, 15) is 14.3 Å². The summed E-state index contributed by atoms with van der Waals surface area (Å²) < 4.78 is 28.2. The van der Waals surface area contributed by atoms with Crippen molar-refractivity contribution < 1.29 is 23.8 Å². The molecule has 3 aromatic heterocycles. The number of rotatable bonds is 9. The molecule has 2 fully saturated rings. The van der Waals surface area contributed by atoms with Crippen molar-refractivity contribution >= 4 is 17.1 Å². The van der Waals surface area contributed by atoms with Gasteiger partial charge in [0.25, 0.3) is 0 Å². The van der Waals surface area contributed by atoms with Crippen LogP contribution in [0.4, 0.5) is 4.39 Å². The Morgan fingerprint density at radius 1 is 1.12 bits per heavy atom. The number of carboxylic acids is 1. The number of aromatic nitrogens is 4. The summed E-state index contributed by atoms with van der Waals surface area (Å²) in [7, 11) is 0. The van der Waals surface area contributed by atoms with Gasteiger partial charge in [-0.05, 0) is 55.2 Å². The molecule has 4 aromatic rings. The number of hydrogen-bond acceptors (Lipinski definition) is 8. The van der Waals surface area contributed by atoms with Gasteiger partial charge in [-0.15, -0.1) is 0 Å². The lowest BCUT2D eigenvalue weighted by Gasteiger charge is -2.32. The fourth-order valence-corrected chi connectivity index (χ4v) is 5.25. The summed E-state index contributed by atoms with van der Waals surface area (Å²) >= 11 is 0. The molecule has 210 valence electrons. The maximum Gasteiger partial charge on any atom is 0.354 e. The highest BCUT2D eigenvalue weighted by Crippen LogP contribution is 2.24. The maximum atomic E-state index is 14.4. The van der Waals surface area contributed by atoms with Gasteiger partial charge in [-0.25, -0.2) is 24.1 Å². The van der Waals surface area contributed by atoms with Gasteiger partial charge in [0.2, 0.25) is 5.88 Å². The highest BCUT2D eigenvalue weighted by atomic mass is 19.1. The number of ether oxygens (including phenoxy) is 2. The second-order valence-corrected chi connectivity index (χ2v) is 10.4. The van der Waals surface area contributed by atoms with E-state index in [1.165, 1.54) is 12.1 Å². The van der Waals surface area contributed by atoms with E-state index in [0.29, 0.717) is 47.8 Å². The van der Waals surface area contributed by atoms with Crippen LogP contribution in [0.2, 0.25) is 0 Å². The van der Waals surface area contributed by atoms with E-state index in [1.54, 1.807) is 18.2 Å². The highest BCUT2D eigenvalue weighted by molar-refractivity contribution is 5.88. The van der Waals surface area contributed by atoms with Crippen LogP contribution >= 0.6 is 0 Å². The molecule has 41 heavy (non-hydrogen) atoms. The van der Waals surface area contributed by atoms with Gasteiger partial charge in [0.05, 0.1) is 30.8 Å². The third-order valence-corrected chi connectivity index (χ3v) is 7.59. The third kappa shape index (κ3) is 6.04. The molecule has 2 aliphatic heterocycles. The van der Waals surface area contributed by atoms with Crippen molar-refractivity contribution in [1.82, 2.24) is 24.4 Å². The predicted molar refractivity (Wildman–Crippen MR) is 146 cm³/mol. The molecule has 5 heterocycles. The van der Waals surface area contributed by atoms with Crippen LogP contribution in [0.5, 0.6) is 5.88 Å². The first-order chi connectivity index (χ1) is 19.9. The lowest BCUT2D eigenvalue weighted by atomic mass is 10.1. The van der Waals surface area contributed by atoms with Crippen molar-refractivity contribution in [3.63, 3.8) is 0 Å². The van der Waals surface area contributed by atoms with E-state index in [-0.39, 0.29) is 23.5 Å². The van der Waals surface area contributed by atoms with Crippen LogP contribution in [0, 0.1) is 17.1 Å². The van der Waals surface area contributed by atoms with Crippen molar-refractivity contribution in [2.24, 2.45) is 0 Å². The number of imidazole rings is 1. The average molecular weight is 557 g/mol. The lowest BCUT2D eigenvalue weighted by molar-refractivity contribution is -0.0593. The fraction of sp³-hybridized carbons (Fsp3) is 0.367. The van der Waals surface area contributed by atoms with E-state index < -0.39 is 11.8 Å². The molecule has 0 unspecified atom stereocenters. The second kappa shape index (κ2) is 11.6. The molecule has 1 atom stereocenters. The summed E-state index contributed by atoms with van der Waals surface area (Å²) in [6.45, 7) is 3.55. The Balaban J connectivity index is 1.09. The number of carbonyl (C=O) groups is 1. The molecule has 1 N–H and O–H groups in total. The van der Waals surface area contributed by atoms with Crippen molar-refractivity contribution in [2.45, 2.75) is 51.0 Å². The van der Waals surface area contributed by atoms with Crippen LogP contribution in [-0.2, 0) is 24.2 Å². The smallest absolute Gasteiger partial charge is 0.354 e. The normalized spacial score (nSPS) is 17.7. The zero-order valence-corrected chi connectivity index (χ0v) is 22.4. The predicted octanol–water partition coefficient (Wildman–Crippen LogP) is 3.96. The summed E-state index contributed by atoms with van der Waals surface area (Å²) in [5.74, 6) is -0.132. The fourth-order valence-electron chi connectivity index (χ4n) is 5.25. The Morgan fingerprint density at radius 2 is 1.95 bits per heavy atom. The van der Waals surface area contributed by atoms with Crippen molar-refractivity contribution in [3.05, 3.63) is 82.7 Å². The van der Waals surface area contributed by atoms with Crippen molar-refractivity contribution in [1.29, 1.82) is 5.26 Å². The van der Waals surface area contributed by atoms with Gasteiger partial charge >= 0.3 is 5.97 Å². The van der Waals surface area contributed by atoms with Crippen LogP contribution in [0.1, 0.15) is 52.4 Å². The first kappa shape index (κ1) is 26.8. The number of nitriles is 1. The number of halogens is 1. The van der Waals surface area contributed by atoms with Gasteiger partial charge in [-0.3, -0.25) is 4.90 Å². The summed E-state index contributed by atoms with van der Waals surface area (Å²) in [5, 5.41) is 18.4. The number of likely N-dealkylation sites (tertiary alicyclic amines) is 1. The van der Waals surface area contributed by atoms with E-state index in [0.717, 1.165) is 44.8 Å². The van der Waals surface area contributed by atoms with E-state index in [2.05, 4.69) is 14.9 Å². The summed E-state index contributed by atoms with van der Waals surface area (Å²) in [6.07, 6.45) is 2.97. The molecule has 1 aromatic carbocycles. The molecule has 6 rings (SSSR count). The van der Waals surface area contributed by atoms with Crippen molar-refractivity contribution in [3.8, 4) is 11.9 Å².